The second kappa shape index (κ2) is 11.1. The molecule has 0 saturated carbocycles. The molecule has 4 heterocycles. The van der Waals surface area contributed by atoms with Crippen molar-refractivity contribution in [2.24, 2.45) is 4.99 Å². The van der Waals surface area contributed by atoms with Crippen molar-refractivity contribution in [1.82, 2.24) is 30.4 Å². The second-order valence-corrected chi connectivity index (χ2v) is 12.7. The van der Waals surface area contributed by atoms with Crippen molar-refractivity contribution in [2.45, 2.75) is 18.6 Å². The molecule has 0 bridgehead atoms. The van der Waals surface area contributed by atoms with Crippen LogP contribution in [0.5, 0.6) is 0 Å². The van der Waals surface area contributed by atoms with Crippen LogP contribution in [0.2, 0.25) is 0 Å². The Hall–Kier alpha value is -6.31. The number of nitrogens with one attached hydrogen (secondary N) is 4. The highest BCUT2D eigenvalue weighted by Gasteiger charge is 2.31. The van der Waals surface area contributed by atoms with E-state index in [1.54, 1.807) is 0 Å². The summed E-state index contributed by atoms with van der Waals surface area (Å²) in [6.45, 7) is 0. The third-order valence-electron chi connectivity index (χ3n) is 9.81. The van der Waals surface area contributed by atoms with Crippen LogP contribution in [0.1, 0.15) is 23.6 Å². The van der Waals surface area contributed by atoms with Crippen LogP contribution >= 0.6 is 0 Å². The molecule has 0 spiro atoms. The van der Waals surface area contributed by atoms with Crippen molar-refractivity contribution >= 4 is 49.4 Å². The fraction of sp³-hybridized carbons (Fsp3) is 0.0714. The summed E-state index contributed by atoms with van der Waals surface area (Å²) in [6.07, 6.45) is 1.48. The smallest absolute Gasteiger partial charge is 0.180 e. The van der Waals surface area contributed by atoms with Gasteiger partial charge in [0.25, 0.3) is 0 Å². The minimum atomic E-state index is -0.206. The Morgan fingerprint density at radius 1 is 0.531 bits per heavy atom. The minimum Gasteiger partial charge on any atom is -0.353 e. The highest BCUT2D eigenvalue weighted by atomic mass is 15.4. The van der Waals surface area contributed by atoms with Gasteiger partial charge in [-0.2, -0.15) is 0 Å². The monoisotopic (exact) mass is 635 g/mol. The van der Waals surface area contributed by atoms with Gasteiger partial charge in [0.1, 0.15) is 18.2 Å². The maximum Gasteiger partial charge on any atom is 0.180 e. The standard InChI is InChI=1S/C42H33N7/c1-4-14-27(15-5-1)39-45-40(28-16-6-2-7-17-28)47-41(46-39)34-26-43-42(44-34)49-36-23-13-11-21-31(36)33-24-32-30-20-10-12-22-35(30)48(37(32)25-38(33)49)29-18-8-3-9-19-29/h1-26,39,41-44,46H,(H,45,47). The first-order chi connectivity index (χ1) is 24.3. The van der Waals surface area contributed by atoms with Gasteiger partial charge in [-0.05, 0) is 42.0 Å². The van der Waals surface area contributed by atoms with E-state index in [1.165, 1.54) is 38.1 Å². The maximum atomic E-state index is 5.09. The molecule has 0 aliphatic carbocycles. The minimum absolute atomic E-state index is 0.198. The molecular weight excluding hydrogens is 603 g/mol. The molecule has 7 nitrogen and oxygen atoms in total. The molecule has 8 aromatic rings. The van der Waals surface area contributed by atoms with Gasteiger partial charge >= 0.3 is 0 Å². The lowest BCUT2D eigenvalue weighted by Gasteiger charge is -2.33. The predicted molar refractivity (Wildman–Crippen MR) is 199 cm³/mol. The number of benzene rings is 6. The van der Waals surface area contributed by atoms with Crippen LogP contribution in [0.4, 0.5) is 0 Å². The summed E-state index contributed by atoms with van der Waals surface area (Å²) in [6, 6.07) is 53.5. The quantitative estimate of drug-likeness (QED) is 0.155. The number of rotatable bonds is 5. The van der Waals surface area contributed by atoms with Crippen molar-refractivity contribution in [3.05, 3.63) is 175 Å². The van der Waals surface area contributed by atoms with Crippen LogP contribution in [0.25, 0.3) is 49.3 Å². The van der Waals surface area contributed by atoms with Gasteiger partial charge in [-0.15, -0.1) is 0 Å². The van der Waals surface area contributed by atoms with Crippen LogP contribution < -0.4 is 21.3 Å². The lowest BCUT2D eigenvalue weighted by atomic mass is 10.1. The van der Waals surface area contributed by atoms with Crippen LogP contribution in [-0.2, 0) is 0 Å². The molecule has 7 heteroatoms. The first-order valence-corrected chi connectivity index (χ1v) is 16.7. The number of fused-ring (bicyclic) bond motifs is 6. The Morgan fingerprint density at radius 2 is 1.16 bits per heavy atom. The number of aromatic nitrogens is 2. The Labute approximate surface area is 283 Å². The summed E-state index contributed by atoms with van der Waals surface area (Å²) in [7, 11) is 0. The summed E-state index contributed by atoms with van der Waals surface area (Å²) in [5, 5.41) is 19.9. The molecule has 2 aliphatic heterocycles. The molecule has 3 atom stereocenters. The number of hydrogen-bond acceptors (Lipinski definition) is 5. The van der Waals surface area contributed by atoms with Crippen molar-refractivity contribution in [2.75, 3.05) is 0 Å². The zero-order valence-electron chi connectivity index (χ0n) is 26.6. The third-order valence-corrected chi connectivity index (χ3v) is 9.81. The number of hydrogen-bond donors (Lipinski definition) is 4. The lowest BCUT2D eigenvalue weighted by molar-refractivity contribution is 0.394. The predicted octanol–water partition coefficient (Wildman–Crippen LogP) is 8.05. The molecule has 6 aromatic carbocycles. The van der Waals surface area contributed by atoms with Crippen LogP contribution in [-0.4, -0.2) is 21.1 Å². The molecular formula is C42H33N7. The van der Waals surface area contributed by atoms with E-state index in [2.05, 4.69) is 176 Å². The Bertz CT molecular complexity index is 2570. The van der Waals surface area contributed by atoms with Gasteiger partial charge in [0.05, 0.1) is 27.8 Å². The normalized spacial score (nSPS) is 19.1. The van der Waals surface area contributed by atoms with Gasteiger partial charge in [-0.25, -0.2) is 4.99 Å². The highest BCUT2D eigenvalue weighted by molar-refractivity contribution is 6.18. The first kappa shape index (κ1) is 27.8. The lowest BCUT2D eigenvalue weighted by Crippen LogP contribution is -2.54. The fourth-order valence-corrected chi connectivity index (χ4v) is 7.58. The Kier molecular flexibility index (Phi) is 6.32. The van der Waals surface area contributed by atoms with E-state index >= 15 is 0 Å². The van der Waals surface area contributed by atoms with Gasteiger partial charge in [0.2, 0.25) is 0 Å². The van der Waals surface area contributed by atoms with Crippen molar-refractivity contribution in [1.29, 1.82) is 0 Å². The average Bonchev–Trinajstić information content (AvgIpc) is 3.87. The molecule has 0 amide bonds. The largest absolute Gasteiger partial charge is 0.353 e. The van der Waals surface area contributed by atoms with Crippen LogP contribution in [0.3, 0.4) is 0 Å². The van der Waals surface area contributed by atoms with Gasteiger partial charge in [-0.3, -0.25) is 5.32 Å². The molecule has 4 N–H and O–H groups in total. The van der Waals surface area contributed by atoms with Crippen LogP contribution in [0.15, 0.2) is 169 Å². The number of amidine groups is 1. The van der Waals surface area contributed by atoms with Crippen molar-refractivity contribution in [3.8, 4) is 5.69 Å². The molecule has 236 valence electrons. The highest BCUT2D eigenvalue weighted by Crippen LogP contribution is 2.39. The number of nitrogens with zero attached hydrogens (tertiary/aromatic N) is 3. The third kappa shape index (κ3) is 4.51. The molecule has 2 aliphatic rings. The molecule has 2 aromatic heterocycles. The molecule has 3 unspecified atom stereocenters. The van der Waals surface area contributed by atoms with Gasteiger partial charge < -0.3 is 25.1 Å². The zero-order chi connectivity index (χ0) is 32.3. The molecule has 49 heavy (non-hydrogen) atoms. The maximum absolute atomic E-state index is 5.09. The summed E-state index contributed by atoms with van der Waals surface area (Å²) < 4.78 is 4.78. The van der Waals surface area contributed by atoms with Crippen LogP contribution in [0, 0.1) is 0 Å². The fourth-order valence-electron chi connectivity index (χ4n) is 7.58. The van der Waals surface area contributed by atoms with E-state index in [0.29, 0.717) is 0 Å². The van der Waals surface area contributed by atoms with Crippen molar-refractivity contribution < 1.29 is 0 Å². The number of para-hydroxylation sites is 3. The summed E-state index contributed by atoms with van der Waals surface area (Å²) in [5.41, 5.74) is 9.04. The molecule has 0 saturated heterocycles. The zero-order valence-corrected chi connectivity index (χ0v) is 26.6. The van der Waals surface area contributed by atoms with E-state index in [1.807, 2.05) is 12.1 Å². The topological polar surface area (TPSA) is 70.3 Å². The Morgan fingerprint density at radius 3 is 1.94 bits per heavy atom. The van der Waals surface area contributed by atoms with Crippen molar-refractivity contribution in [3.63, 3.8) is 0 Å². The summed E-state index contributed by atoms with van der Waals surface area (Å²) in [4.78, 5) is 5.09. The summed E-state index contributed by atoms with van der Waals surface area (Å²) >= 11 is 0. The molecule has 0 fully saturated rings. The van der Waals surface area contributed by atoms with E-state index < -0.39 is 0 Å². The van der Waals surface area contributed by atoms with E-state index in [0.717, 1.165) is 33.9 Å². The van der Waals surface area contributed by atoms with Gasteiger partial charge in [-0.1, -0.05) is 115 Å². The SMILES string of the molecule is C1=C(C2NC(c3ccccc3)=NC(c3ccccc3)N2)NC(n2c3ccccc3c3cc4c5ccccc5n(-c5ccccc5)c4cc32)N1. The molecule has 10 rings (SSSR count). The Balaban J connectivity index is 1.08. The first-order valence-electron chi connectivity index (χ1n) is 16.7. The summed E-state index contributed by atoms with van der Waals surface area (Å²) in [5.74, 6) is 0.859. The average molecular weight is 636 g/mol. The van der Waals surface area contributed by atoms with E-state index in [9.17, 15) is 0 Å². The molecule has 0 radical (unpaired) electrons. The van der Waals surface area contributed by atoms with Gasteiger partial charge in [0.15, 0.2) is 6.29 Å². The number of aliphatic imine (C=N–C) groups is 1. The van der Waals surface area contributed by atoms with Gasteiger partial charge in [0, 0.05) is 39.0 Å². The van der Waals surface area contributed by atoms with E-state index in [4.69, 9.17) is 4.99 Å². The van der Waals surface area contributed by atoms with E-state index in [-0.39, 0.29) is 18.6 Å². The second-order valence-electron chi connectivity index (χ2n) is 12.7.